The lowest BCUT2D eigenvalue weighted by Gasteiger charge is -2.17. The van der Waals surface area contributed by atoms with Crippen LogP contribution in [-0.4, -0.2) is 144 Å². The van der Waals surface area contributed by atoms with Crippen molar-refractivity contribution in [2.75, 3.05) is 16.4 Å². The second-order valence-electron chi connectivity index (χ2n) is 35.3. The number of furan rings is 3. The molecule has 4 N–H and O–H groups in total. The van der Waals surface area contributed by atoms with Gasteiger partial charge in [0.05, 0.1) is 0 Å². The van der Waals surface area contributed by atoms with Crippen LogP contribution in [0.1, 0.15) is 7.43 Å². The SMILES string of the molecule is Brc1ccc(-c2ccc(-c3ccccc3)cc2)cc1.C.Nc1ccc(-c2cccc3c2oc2ccccc23)cc1.O=S(=O)(Oc1cccc2ccc3ccccc3c12)C(F)(F)F.[B][B]B(B([B])[B])B([B])[B].[B][B]B(B([B])[B])B([B])[B].c1ccc(-c2ccc(-c3ccc(Nc4ccc(-c5cccc6c5oc5ccccc56)cc4)cc3)cc2)cc1.c1ccc(-c2ccc(Nc3ccc(-c4cccc5c4oc4ccccc45)cc3)cc2)cc1. The van der Waals surface area contributed by atoms with Crippen LogP contribution >= 0.6 is 15.9 Å². The summed E-state index contributed by atoms with van der Waals surface area (Å²) < 4.78 is 84.0. The fourth-order valence-corrected chi connectivity index (χ4v) is 18.1. The van der Waals surface area contributed by atoms with Crippen molar-refractivity contribution in [2.24, 2.45) is 0 Å². The summed E-state index contributed by atoms with van der Waals surface area (Å²) in [5.41, 5.74) is 29.8. The maximum absolute atomic E-state index is 12.5. The van der Waals surface area contributed by atoms with E-state index >= 15 is 0 Å². The second kappa shape index (κ2) is 50.3. The van der Waals surface area contributed by atoms with Crippen LogP contribution in [0.3, 0.4) is 0 Å². The molecule has 0 saturated heterocycles. The molecule has 22 radical (unpaired) electrons. The zero-order valence-electron chi connectivity index (χ0n) is 80.8. The topological polar surface area (TPSA) is 133 Å². The number of hydrogen-bond donors (Lipinski definition) is 3. The average Bonchev–Trinajstić information content (AvgIpc) is 1.35. The summed E-state index contributed by atoms with van der Waals surface area (Å²) in [6.45, 7) is 0. The van der Waals surface area contributed by atoms with E-state index in [1.807, 2.05) is 84.9 Å². The highest BCUT2D eigenvalue weighted by Crippen LogP contribution is 2.43. The Morgan fingerprint density at radius 3 is 0.833 bits per heavy atom. The quantitative estimate of drug-likeness (QED) is 0.0224. The molecule has 23 aromatic rings. The van der Waals surface area contributed by atoms with Gasteiger partial charge in [-0.15, -0.1) is 0 Å². The number of nitrogens with two attached hydrogens (primary N) is 1. The highest BCUT2D eigenvalue weighted by Gasteiger charge is 2.49. The van der Waals surface area contributed by atoms with E-state index in [-0.39, 0.29) is 25.9 Å². The van der Waals surface area contributed by atoms with Gasteiger partial charge in [-0.25, -0.2) is 0 Å². The number of anilines is 5. The van der Waals surface area contributed by atoms with Crippen LogP contribution in [0.15, 0.2) is 485 Å². The van der Waals surface area contributed by atoms with Crippen molar-refractivity contribution < 1.29 is 39.0 Å². The highest BCUT2D eigenvalue weighted by atomic mass is 79.9. The number of rotatable bonds is 20. The third kappa shape index (κ3) is 26.4. The standard InChI is InChI=1S/C36H25NO.C30H21NO.C18H13Br.C18H13NO.C15H9F3O3S.CH4.2B9/c1-2-7-25(8-3-1)26-13-15-27(16-14-26)28-17-21-30(22-18-28)37-31-23-19-29(20-24-31)32-10-6-11-34-33-9-4-5-12-35(33)38-36(32)34;1-2-7-21(8-3-1)22-13-17-24(18-14-22)31-25-19-15-23(16-20-25)26-10-6-11-28-27-9-4-5-12-29(27)32-30(26)28;19-18-12-10-17(11-13-18)16-8-6-15(7-9-16)14-4-2-1-3-5-14;19-13-10-8-12(9-11-13)14-5-3-6-16-15-4-1-2-7-17(15)20-18(14)16;16-15(17,18)22(19,20)21-13-7-3-5-11-9-8-10-4-1-2-6-12(10)14(11)13;;2*1-6-9(7(2)3)8(4)5/h1-24,37H;1-20,31H;1-13H;1-11H,19H2;1-9H;1H4;;. The van der Waals surface area contributed by atoms with Crippen molar-refractivity contribution in [3.8, 4) is 94.8 Å². The number of hydrogen-bond acceptors (Lipinski definition) is 9. The predicted octanol–water partition coefficient (Wildman–Crippen LogP) is 27.6. The molecule has 32 heteroatoms. The Labute approximate surface area is 899 Å². The van der Waals surface area contributed by atoms with Crippen LogP contribution < -0.4 is 20.6 Å². The Hall–Kier alpha value is -15.1. The van der Waals surface area contributed by atoms with E-state index in [0.717, 1.165) is 137 Å². The fraction of sp³-hybridized carbons (Fsp3) is 0.0169. The van der Waals surface area contributed by atoms with Crippen LogP contribution in [0.4, 0.5) is 41.6 Å². The van der Waals surface area contributed by atoms with Crippen LogP contribution in [0.2, 0.25) is 0 Å². The van der Waals surface area contributed by atoms with Crippen LogP contribution in [0.25, 0.3) is 176 Å². The molecule has 0 saturated carbocycles. The van der Waals surface area contributed by atoms with Gasteiger partial charge in [0.15, 0.2) is 5.75 Å². The molecule has 0 amide bonds. The Morgan fingerprint density at radius 2 is 0.527 bits per heavy atom. The smallest absolute Gasteiger partial charge is 0.455 e. The van der Waals surface area contributed by atoms with Crippen LogP contribution in [0.5, 0.6) is 5.75 Å². The zero-order chi connectivity index (χ0) is 104. The summed E-state index contributed by atoms with van der Waals surface area (Å²) in [5.74, 6) is -0.341. The maximum Gasteiger partial charge on any atom is 0.534 e. The van der Waals surface area contributed by atoms with Crippen LogP contribution in [-0.2, 0) is 10.1 Å². The lowest BCUT2D eigenvalue weighted by molar-refractivity contribution is -0.0499. The first kappa shape index (κ1) is 108. The molecule has 0 unspecified atom stereocenters. The number of alkyl halides is 3. The summed E-state index contributed by atoms with van der Waals surface area (Å²) in [4.78, 5) is 0. The molecule has 0 spiro atoms. The summed E-state index contributed by atoms with van der Waals surface area (Å²) >= 11 is 3.46. The molecule has 20 aromatic carbocycles. The van der Waals surface area contributed by atoms with Gasteiger partial charge in [-0.2, -0.15) is 21.6 Å². The van der Waals surface area contributed by atoms with Gasteiger partial charge in [-0.1, -0.05) is 393 Å². The summed E-state index contributed by atoms with van der Waals surface area (Å²) in [6.07, 6.45) is -2.93. The molecule has 0 aliphatic carbocycles. The van der Waals surface area contributed by atoms with Gasteiger partial charge >= 0.3 is 15.6 Å². The Bertz CT molecular complexity index is 8510. The van der Waals surface area contributed by atoms with Crippen molar-refractivity contribution in [1.29, 1.82) is 0 Å². The van der Waals surface area contributed by atoms with Crippen molar-refractivity contribution in [3.63, 3.8) is 0 Å². The summed E-state index contributed by atoms with van der Waals surface area (Å²) in [7, 11) is 49.2. The van der Waals surface area contributed by atoms with Gasteiger partial charge in [0.1, 0.15) is 33.5 Å². The fourth-order valence-electron chi connectivity index (χ4n) is 17.4. The molecule has 0 atom stereocenters. The molecule has 23 rings (SSSR count). The molecular formula is C118H85B18BrF3N3O6S. The van der Waals surface area contributed by atoms with Crippen molar-refractivity contribution in [3.05, 3.63) is 472 Å². The molecule has 0 aliphatic rings. The maximum atomic E-state index is 12.5. The summed E-state index contributed by atoms with van der Waals surface area (Å²) in [6, 6.07) is 157. The van der Waals surface area contributed by atoms with E-state index in [4.69, 9.17) is 96.4 Å². The van der Waals surface area contributed by atoms with E-state index in [0.29, 0.717) is 16.2 Å². The predicted molar refractivity (Wildman–Crippen MR) is 650 cm³/mol. The first-order chi connectivity index (χ1) is 72.3. The minimum atomic E-state index is -5.71. The van der Waals surface area contributed by atoms with Crippen molar-refractivity contribution in [2.45, 2.75) is 12.9 Å². The van der Waals surface area contributed by atoms with Gasteiger partial charge in [0.2, 0.25) is 0 Å². The largest absolute Gasteiger partial charge is 0.534 e. The van der Waals surface area contributed by atoms with E-state index in [1.54, 1.807) is 42.5 Å². The van der Waals surface area contributed by atoms with Crippen molar-refractivity contribution >= 4 is 272 Å². The minimum Gasteiger partial charge on any atom is -0.455 e. The number of nitrogens with one attached hydrogen (secondary N) is 2. The summed E-state index contributed by atoms with van der Waals surface area (Å²) in [5, 5.41) is 16.2. The third-order valence-corrected chi connectivity index (χ3v) is 26.7. The first-order valence-corrected chi connectivity index (χ1v) is 50.2. The molecular weight excluding hydrogens is 1920 g/mol. The number of fused-ring (bicyclic) bond motifs is 12. The number of halogens is 4. The van der Waals surface area contributed by atoms with Crippen molar-refractivity contribution in [1.82, 2.24) is 0 Å². The van der Waals surface area contributed by atoms with Gasteiger partial charge in [0, 0.05) is 217 Å². The second-order valence-corrected chi connectivity index (χ2v) is 37.7. The van der Waals surface area contributed by atoms with E-state index < -0.39 is 41.2 Å². The molecule has 3 aromatic heterocycles. The number of para-hydroxylation sites is 6. The Kier molecular flexibility index (Phi) is 36.1. The minimum absolute atomic E-state index is 0. The molecule has 150 heavy (non-hydrogen) atoms. The van der Waals surface area contributed by atoms with E-state index in [1.165, 1.54) is 81.9 Å². The van der Waals surface area contributed by atoms with E-state index in [9.17, 15) is 21.6 Å². The molecule has 696 valence electrons. The highest BCUT2D eigenvalue weighted by molar-refractivity contribution is 9.10. The molecule has 0 bridgehead atoms. The zero-order valence-corrected chi connectivity index (χ0v) is 83.2. The molecule has 0 aliphatic heterocycles. The Morgan fingerprint density at radius 1 is 0.280 bits per heavy atom. The first-order valence-electron chi connectivity index (χ1n) is 48.0. The average molecular weight is 2000 g/mol. The third-order valence-electron chi connectivity index (χ3n) is 25.2. The Balaban J connectivity index is 0.000000131. The molecule has 0 fully saturated rings. The molecule has 9 nitrogen and oxygen atoms in total. The van der Waals surface area contributed by atoms with Gasteiger partial charge in [0.25, 0.3) is 0 Å². The normalized spacial score (nSPS) is 10.8. The number of benzene rings is 20. The monoisotopic (exact) mass is 2010 g/mol. The van der Waals surface area contributed by atoms with Gasteiger partial charge in [-0.05, 0) is 186 Å². The lowest BCUT2D eigenvalue weighted by atomic mass is 8.64. The van der Waals surface area contributed by atoms with E-state index in [2.05, 4.69) is 358 Å². The number of nitrogen functional groups attached to an aromatic ring is 1. The van der Waals surface area contributed by atoms with Crippen LogP contribution in [0, 0.1) is 0 Å². The lowest BCUT2D eigenvalue weighted by Crippen LogP contribution is -2.55. The molecule has 3 heterocycles. The van der Waals surface area contributed by atoms with Gasteiger partial charge in [-0.3, -0.25) is 0 Å². The van der Waals surface area contributed by atoms with Gasteiger partial charge < -0.3 is 33.8 Å².